The Kier molecular flexibility index (Phi) is 42.9. The van der Waals surface area contributed by atoms with Gasteiger partial charge in [0.25, 0.3) is 0 Å². The van der Waals surface area contributed by atoms with Gasteiger partial charge in [0.1, 0.15) is 0 Å². The van der Waals surface area contributed by atoms with E-state index in [0.717, 1.165) is 0 Å². The molecule has 0 spiro atoms. The average Bonchev–Trinajstić information content (AvgIpc) is 2.78. The maximum absolute atomic E-state index is 2.30. The van der Waals surface area contributed by atoms with Crippen molar-refractivity contribution in [2.24, 2.45) is 5.41 Å². The summed E-state index contributed by atoms with van der Waals surface area (Å²) in [4.78, 5) is 0. The molecule has 0 unspecified atom stereocenters. The summed E-state index contributed by atoms with van der Waals surface area (Å²) in [7, 11) is 0. The minimum atomic E-state index is 0.667. The van der Waals surface area contributed by atoms with Crippen molar-refractivity contribution in [1.82, 2.24) is 0 Å². The van der Waals surface area contributed by atoms with Gasteiger partial charge in [-0.15, -0.1) is 0 Å². The van der Waals surface area contributed by atoms with Crippen LogP contribution in [0.1, 0.15) is 172 Å². The van der Waals surface area contributed by atoms with Crippen molar-refractivity contribution < 1.29 is 0 Å². The zero-order valence-corrected chi connectivity index (χ0v) is 21.8. The molecule has 0 heterocycles. The first kappa shape index (κ1) is 34.5. The molecule has 0 saturated heterocycles. The quantitative estimate of drug-likeness (QED) is 0.345. The van der Waals surface area contributed by atoms with Crippen LogP contribution in [0.25, 0.3) is 0 Å². The monoisotopic (exact) mass is 386 g/mol. The van der Waals surface area contributed by atoms with Gasteiger partial charge in [-0.25, -0.2) is 0 Å². The Hall–Kier alpha value is 0. The van der Waals surface area contributed by atoms with Crippen LogP contribution in [0.3, 0.4) is 0 Å². The first-order valence-corrected chi connectivity index (χ1v) is 13.2. The first-order valence-electron chi connectivity index (χ1n) is 13.2. The highest BCUT2D eigenvalue weighted by Gasteiger charge is 2.20. The van der Waals surface area contributed by atoms with Crippen LogP contribution in [-0.2, 0) is 0 Å². The molecule has 0 aromatic rings. The second kappa shape index (κ2) is 33.6. The molecule has 1 aliphatic carbocycles. The fraction of sp³-hybridized carbons (Fsp3) is 1.00. The van der Waals surface area contributed by atoms with E-state index in [1.54, 1.807) is 0 Å². The van der Waals surface area contributed by atoms with Crippen LogP contribution in [0.15, 0.2) is 0 Å². The van der Waals surface area contributed by atoms with Crippen molar-refractivity contribution in [3.8, 4) is 0 Å². The summed E-state index contributed by atoms with van der Waals surface area (Å²) in [6, 6.07) is 0. The molecule has 0 nitrogen and oxygen atoms in total. The Morgan fingerprint density at radius 2 is 0.630 bits per heavy atom. The summed E-state index contributed by atoms with van der Waals surface area (Å²) in [5.41, 5.74) is 0.667. The molecule has 0 N–H and O–H groups in total. The minimum Gasteiger partial charge on any atom is -0.0683 e. The second-order valence-electron chi connectivity index (χ2n) is 7.45. The predicted octanol–water partition coefficient (Wildman–Crippen LogP) is 11.4. The van der Waals surface area contributed by atoms with Gasteiger partial charge in [-0.05, 0) is 5.41 Å². The minimum absolute atomic E-state index is 0.667. The molecule has 0 radical (unpaired) electrons. The van der Waals surface area contributed by atoms with Crippen LogP contribution in [0.5, 0.6) is 0 Å². The molecule has 170 valence electrons. The molecule has 1 fully saturated rings. The van der Waals surface area contributed by atoms with Crippen LogP contribution < -0.4 is 0 Å². The lowest BCUT2D eigenvalue weighted by atomic mass is 9.78. The number of unbranched alkanes of at least 4 members (excludes halogenated alkanes) is 5. The lowest BCUT2D eigenvalue weighted by Gasteiger charge is -2.28. The van der Waals surface area contributed by atoms with E-state index in [1.807, 2.05) is 27.7 Å². The molecule has 0 aliphatic heterocycles. The van der Waals surface area contributed by atoms with Crippen molar-refractivity contribution in [3.05, 3.63) is 0 Å². The van der Waals surface area contributed by atoms with Gasteiger partial charge >= 0.3 is 0 Å². The van der Waals surface area contributed by atoms with Gasteiger partial charge in [-0.2, -0.15) is 0 Å². The van der Waals surface area contributed by atoms with E-state index in [1.165, 1.54) is 103 Å². The Bertz CT molecular complexity index is 151. The third-order valence-corrected chi connectivity index (χ3v) is 5.96. The molecule has 0 atom stereocenters. The average molecular weight is 387 g/mol. The maximum Gasteiger partial charge on any atom is -0.0308 e. The Balaban J connectivity index is -0.000000136. The molecule has 27 heavy (non-hydrogen) atoms. The Labute approximate surface area is 177 Å². The van der Waals surface area contributed by atoms with E-state index in [2.05, 4.69) is 41.5 Å². The van der Waals surface area contributed by atoms with Crippen molar-refractivity contribution in [3.63, 3.8) is 0 Å². The summed E-state index contributed by atoms with van der Waals surface area (Å²) >= 11 is 0. The summed E-state index contributed by atoms with van der Waals surface area (Å²) < 4.78 is 0. The summed E-state index contributed by atoms with van der Waals surface area (Å²) in [6.45, 7) is 21.7. The van der Waals surface area contributed by atoms with E-state index in [9.17, 15) is 0 Å². The molecule has 1 rings (SSSR count). The second-order valence-corrected chi connectivity index (χ2v) is 7.45. The van der Waals surface area contributed by atoms with Gasteiger partial charge in [0.2, 0.25) is 0 Å². The number of hydrogen-bond donors (Lipinski definition) is 0. The molecule has 0 aromatic carbocycles. The predicted molar refractivity (Wildman–Crippen MR) is 133 cm³/mol. The van der Waals surface area contributed by atoms with Crippen LogP contribution in [-0.4, -0.2) is 0 Å². The fourth-order valence-electron chi connectivity index (χ4n) is 3.41. The van der Waals surface area contributed by atoms with Gasteiger partial charge in [0.15, 0.2) is 0 Å². The van der Waals surface area contributed by atoms with Gasteiger partial charge in [0, 0.05) is 0 Å². The Morgan fingerprint density at radius 1 is 0.407 bits per heavy atom. The van der Waals surface area contributed by atoms with Crippen LogP contribution in [0.4, 0.5) is 0 Å². The maximum atomic E-state index is 2.30. The van der Waals surface area contributed by atoms with Crippen LogP contribution >= 0.6 is 0 Å². The van der Waals surface area contributed by atoms with Gasteiger partial charge < -0.3 is 0 Å². The molecular weight excluding hydrogens is 324 g/mol. The fourth-order valence-corrected chi connectivity index (χ4v) is 3.41. The van der Waals surface area contributed by atoms with Crippen LogP contribution in [0.2, 0.25) is 0 Å². The highest BCUT2D eigenvalue weighted by Crippen LogP contribution is 2.33. The van der Waals surface area contributed by atoms with Gasteiger partial charge in [-0.1, -0.05) is 172 Å². The van der Waals surface area contributed by atoms with Gasteiger partial charge in [-0.3, -0.25) is 0 Å². The molecular formula is C27H62. The highest BCUT2D eigenvalue weighted by molar-refractivity contribution is 4.72. The van der Waals surface area contributed by atoms with Crippen LogP contribution in [0, 0.1) is 5.41 Å². The molecule has 0 heteroatoms. The van der Waals surface area contributed by atoms with Crippen molar-refractivity contribution >= 4 is 0 Å². The smallest absolute Gasteiger partial charge is 0.0308 e. The third-order valence-electron chi connectivity index (χ3n) is 5.96. The van der Waals surface area contributed by atoms with Crippen molar-refractivity contribution in [2.75, 3.05) is 0 Å². The number of hydrogen-bond acceptors (Lipinski definition) is 0. The molecule has 0 bridgehead atoms. The summed E-state index contributed by atoms with van der Waals surface area (Å²) in [5.74, 6) is 0. The number of rotatable bonds is 9. The van der Waals surface area contributed by atoms with E-state index in [0.29, 0.717) is 5.41 Å². The molecule has 0 aromatic heterocycles. The first-order chi connectivity index (χ1) is 13.2. The third kappa shape index (κ3) is 28.3. The zero-order chi connectivity index (χ0) is 21.8. The zero-order valence-electron chi connectivity index (χ0n) is 21.8. The lowest BCUT2D eigenvalue weighted by molar-refractivity contribution is 0.240. The standard InChI is InChI=1S/C9H20.C8H18.C6H12.2C2H6/c1-5-9(6-2,7-3)8-4;1-3-5-7-8-6-4-2;1-2-4-6-5-3-1;2*1-2/h5-8H2,1-4H3;3-8H2,1-2H3;1-6H2;2*1-2H3. The topological polar surface area (TPSA) is 0 Å². The van der Waals surface area contributed by atoms with Crippen molar-refractivity contribution in [2.45, 2.75) is 172 Å². The van der Waals surface area contributed by atoms with Crippen molar-refractivity contribution in [1.29, 1.82) is 0 Å². The molecule has 1 saturated carbocycles. The van der Waals surface area contributed by atoms with E-state index in [-0.39, 0.29) is 0 Å². The van der Waals surface area contributed by atoms with E-state index < -0.39 is 0 Å². The lowest BCUT2D eigenvalue weighted by Crippen LogP contribution is -2.15. The Morgan fingerprint density at radius 3 is 0.741 bits per heavy atom. The van der Waals surface area contributed by atoms with E-state index >= 15 is 0 Å². The van der Waals surface area contributed by atoms with E-state index in [4.69, 9.17) is 0 Å². The SMILES string of the molecule is C1CCCCC1.CC.CC.CCC(CC)(CC)CC.CCCCCCCC. The molecule has 1 aliphatic rings. The molecule has 0 amide bonds. The highest BCUT2D eigenvalue weighted by atomic mass is 14.3. The largest absolute Gasteiger partial charge is 0.0683 e. The summed E-state index contributed by atoms with van der Waals surface area (Å²) in [6.07, 6.45) is 22.9. The normalized spacial score (nSPS) is 12.7. The summed E-state index contributed by atoms with van der Waals surface area (Å²) in [5, 5.41) is 0. The van der Waals surface area contributed by atoms with Gasteiger partial charge in [0.05, 0.1) is 0 Å².